The van der Waals surface area contributed by atoms with Gasteiger partial charge in [-0.05, 0) is 36.5 Å². The van der Waals surface area contributed by atoms with E-state index < -0.39 is 10.1 Å². The Hall–Kier alpha value is -1.29. The normalized spacial score (nSPS) is 17.1. The first-order valence-electron chi connectivity index (χ1n) is 6.74. The van der Waals surface area contributed by atoms with Crippen molar-refractivity contribution in [1.29, 1.82) is 0 Å². The lowest BCUT2D eigenvalue weighted by atomic mass is 9.84. The molecule has 1 aliphatic rings. The minimum absolute atomic E-state index is 0.169. The highest BCUT2D eigenvalue weighted by Gasteiger charge is 2.16. The summed E-state index contributed by atoms with van der Waals surface area (Å²) in [7, 11) is -3.54. The van der Waals surface area contributed by atoms with Crippen LogP contribution < -0.4 is 4.18 Å². The van der Waals surface area contributed by atoms with Gasteiger partial charge in [-0.2, -0.15) is 8.42 Å². The molecule has 0 bridgehead atoms. The Balaban J connectivity index is 2.03. The van der Waals surface area contributed by atoms with Gasteiger partial charge in [-0.3, -0.25) is 0 Å². The first-order valence-corrected chi connectivity index (χ1v) is 8.31. The maximum Gasteiger partial charge on any atom is 0.312 e. The lowest BCUT2D eigenvalue weighted by Crippen LogP contribution is -2.12. The van der Waals surface area contributed by atoms with Crippen LogP contribution in [0.25, 0.3) is 0 Å². The third-order valence-electron chi connectivity index (χ3n) is 3.50. The van der Waals surface area contributed by atoms with E-state index >= 15 is 0 Å². The molecular formula is C15H20O3S. The first-order chi connectivity index (χ1) is 9.11. The molecule has 1 aliphatic carbocycles. The molecular weight excluding hydrogens is 260 g/mol. The summed E-state index contributed by atoms with van der Waals surface area (Å²) in [5.41, 5.74) is 1.29. The lowest BCUT2D eigenvalue weighted by molar-refractivity contribution is 0.443. The molecule has 0 atom stereocenters. The Morgan fingerprint density at radius 3 is 2.37 bits per heavy atom. The Kier molecular flexibility index (Phi) is 4.64. The van der Waals surface area contributed by atoms with E-state index in [1.54, 1.807) is 12.1 Å². The van der Waals surface area contributed by atoms with Gasteiger partial charge in [-0.15, -0.1) is 6.58 Å². The van der Waals surface area contributed by atoms with E-state index in [-0.39, 0.29) is 5.75 Å². The van der Waals surface area contributed by atoms with Crippen LogP contribution in [0.2, 0.25) is 0 Å². The second-order valence-corrected chi connectivity index (χ2v) is 6.62. The van der Waals surface area contributed by atoms with Gasteiger partial charge in [-0.1, -0.05) is 37.5 Å². The van der Waals surface area contributed by atoms with Crippen molar-refractivity contribution in [1.82, 2.24) is 0 Å². The topological polar surface area (TPSA) is 43.4 Å². The van der Waals surface area contributed by atoms with Crippen LogP contribution in [0.4, 0.5) is 0 Å². The molecule has 4 heteroatoms. The molecule has 0 unspecified atom stereocenters. The SMILES string of the molecule is C=CCS(=O)(=O)Oc1ccc(C2CCCCC2)cc1. The van der Waals surface area contributed by atoms with E-state index in [0.717, 1.165) is 0 Å². The van der Waals surface area contributed by atoms with E-state index in [9.17, 15) is 8.42 Å². The Morgan fingerprint density at radius 2 is 1.79 bits per heavy atom. The molecule has 0 aromatic heterocycles. The summed E-state index contributed by atoms with van der Waals surface area (Å²) in [6.07, 6.45) is 7.69. The molecule has 0 heterocycles. The van der Waals surface area contributed by atoms with Crippen LogP contribution >= 0.6 is 0 Å². The monoisotopic (exact) mass is 280 g/mol. The molecule has 2 rings (SSSR count). The van der Waals surface area contributed by atoms with Crippen LogP contribution in [-0.2, 0) is 10.1 Å². The van der Waals surface area contributed by atoms with E-state index in [1.165, 1.54) is 43.7 Å². The quantitative estimate of drug-likeness (QED) is 0.611. The van der Waals surface area contributed by atoms with E-state index in [4.69, 9.17) is 4.18 Å². The number of benzene rings is 1. The summed E-state index contributed by atoms with van der Waals surface area (Å²) in [6, 6.07) is 7.44. The van der Waals surface area contributed by atoms with Crippen molar-refractivity contribution in [3.05, 3.63) is 42.5 Å². The summed E-state index contributed by atoms with van der Waals surface area (Å²) in [4.78, 5) is 0. The molecule has 1 aromatic carbocycles. The Bertz CT molecular complexity index is 511. The van der Waals surface area contributed by atoms with Gasteiger partial charge in [0.05, 0.1) is 0 Å². The average Bonchev–Trinajstić information content (AvgIpc) is 2.40. The molecule has 0 N–H and O–H groups in total. The van der Waals surface area contributed by atoms with Gasteiger partial charge in [0.15, 0.2) is 0 Å². The van der Waals surface area contributed by atoms with Crippen LogP contribution in [0.1, 0.15) is 43.6 Å². The van der Waals surface area contributed by atoms with Crippen molar-refractivity contribution in [3.8, 4) is 5.75 Å². The molecule has 0 amide bonds. The second-order valence-electron chi connectivity index (χ2n) is 5.00. The van der Waals surface area contributed by atoms with Gasteiger partial charge in [0.2, 0.25) is 0 Å². The third kappa shape index (κ3) is 4.10. The predicted molar refractivity (Wildman–Crippen MR) is 76.9 cm³/mol. The minimum atomic E-state index is -3.54. The van der Waals surface area contributed by atoms with Crippen LogP contribution in [0, 0.1) is 0 Å². The highest BCUT2D eigenvalue weighted by atomic mass is 32.2. The van der Waals surface area contributed by atoms with E-state index in [0.29, 0.717) is 11.7 Å². The molecule has 0 saturated heterocycles. The molecule has 104 valence electrons. The lowest BCUT2D eigenvalue weighted by Gasteiger charge is -2.22. The zero-order valence-electron chi connectivity index (χ0n) is 11.0. The van der Waals surface area contributed by atoms with Crippen molar-refractivity contribution in [2.24, 2.45) is 0 Å². The third-order valence-corrected chi connectivity index (χ3v) is 4.59. The van der Waals surface area contributed by atoms with Gasteiger partial charge in [-0.25, -0.2) is 0 Å². The van der Waals surface area contributed by atoms with E-state index in [2.05, 4.69) is 6.58 Å². The molecule has 1 aromatic rings. The predicted octanol–water partition coefficient (Wildman–Crippen LogP) is 3.63. The highest BCUT2D eigenvalue weighted by molar-refractivity contribution is 7.87. The molecule has 0 aliphatic heterocycles. The van der Waals surface area contributed by atoms with Crippen LogP contribution in [0.3, 0.4) is 0 Å². The molecule has 1 fully saturated rings. The standard InChI is InChI=1S/C15H20O3S/c1-2-12-19(16,17)18-15-10-8-14(9-11-15)13-6-4-3-5-7-13/h2,8-11,13H,1,3-7,12H2. The fourth-order valence-corrected chi connectivity index (χ4v) is 3.32. The van der Waals surface area contributed by atoms with Gasteiger partial charge < -0.3 is 4.18 Å². The minimum Gasteiger partial charge on any atom is -0.382 e. The maximum absolute atomic E-state index is 11.5. The maximum atomic E-state index is 11.5. The number of hydrogen-bond donors (Lipinski definition) is 0. The van der Waals surface area contributed by atoms with E-state index in [1.807, 2.05) is 12.1 Å². The molecule has 0 spiro atoms. The van der Waals surface area contributed by atoms with Gasteiger partial charge in [0, 0.05) is 0 Å². The zero-order valence-corrected chi connectivity index (χ0v) is 11.9. The second kappa shape index (κ2) is 6.24. The van der Waals surface area contributed by atoms with Gasteiger partial charge in [0.25, 0.3) is 0 Å². The molecule has 3 nitrogen and oxygen atoms in total. The summed E-state index contributed by atoms with van der Waals surface area (Å²) < 4.78 is 28.0. The Morgan fingerprint density at radius 1 is 1.16 bits per heavy atom. The number of hydrogen-bond acceptors (Lipinski definition) is 3. The first kappa shape index (κ1) is 14.1. The van der Waals surface area contributed by atoms with Crippen molar-refractivity contribution in [3.63, 3.8) is 0 Å². The van der Waals surface area contributed by atoms with Crippen molar-refractivity contribution >= 4 is 10.1 Å². The van der Waals surface area contributed by atoms with Crippen molar-refractivity contribution < 1.29 is 12.6 Å². The van der Waals surface area contributed by atoms with Crippen LogP contribution in [0.5, 0.6) is 5.75 Å². The number of rotatable bonds is 5. The average molecular weight is 280 g/mol. The zero-order chi connectivity index (χ0) is 13.7. The van der Waals surface area contributed by atoms with Crippen molar-refractivity contribution in [2.75, 3.05) is 5.75 Å². The molecule has 0 radical (unpaired) electrons. The Labute approximate surface area is 115 Å². The molecule has 1 saturated carbocycles. The fourth-order valence-electron chi connectivity index (χ4n) is 2.56. The van der Waals surface area contributed by atoms with Crippen LogP contribution in [0.15, 0.2) is 36.9 Å². The van der Waals surface area contributed by atoms with Gasteiger partial charge in [0.1, 0.15) is 11.5 Å². The highest BCUT2D eigenvalue weighted by Crippen LogP contribution is 2.33. The summed E-state index contributed by atoms with van der Waals surface area (Å²) in [6.45, 7) is 3.40. The van der Waals surface area contributed by atoms with Gasteiger partial charge >= 0.3 is 10.1 Å². The summed E-state index contributed by atoms with van der Waals surface area (Å²) >= 11 is 0. The van der Waals surface area contributed by atoms with Crippen molar-refractivity contribution in [2.45, 2.75) is 38.0 Å². The van der Waals surface area contributed by atoms with Crippen LogP contribution in [-0.4, -0.2) is 14.2 Å². The smallest absolute Gasteiger partial charge is 0.312 e. The summed E-state index contributed by atoms with van der Waals surface area (Å²) in [5.74, 6) is 0.825. The summed E-state index contributed by atoms with van der Waals surface area (Å²) in [5, 5.41) is 0. The fraction of sp³-hybridized carbons (Fsp3) is 0.467. The molecule has 19 heavy (non-hydrogen) atoms. The largest absolute Gasteiger partial charge is 0.382 e.